The number of nitrogens with zero attached hydrogens (tertiary/aromatic N) is 2. The van der Waals surface area contributed by atoms with Gasteiger partial charge in [-0.05, 0) is 35.4 Å². The van der Waals surface area contributed by atoms with Crippen LogP contribution in [0.4, 0.5) is 0 Å². The normalized spacial score (nSPS) is 10.8. The van der Waals surface area contributed by atoms with Gasteiger partial charge >= 0.3 is 0 Å². The number of carbonyl (C=O) groups is 2. The average molecular weight is 382 g/mol. The van der Waals surface area contributed by atoms with E-state index in [0.29, 0.717) is 11.5 Å². The van der Waals surface area contributed by atoms with E-state index < -0.39 is 0 Å². The van der Waals surface area contributed by atoms with Crippen LogP contribution in [0.15, 0.2) is 58.7 Å². The van der Waals surface area contributed by atoms with Crippen LogP contribution >= 0.6 is 0 Å². The number of amides is 2. The third-order valence-corrected chi connectivity index (χ3v) is 3.57. The molecule has 0 aliphatic carbocycles. The van der Waals surface area contributed by atoms with Gasteiger partial charge in [-0.1, -0.05) is 24.3 Å². The van der Waals surface area contributed by atoms with Gasteiger partial charge in [0.15, 0.2) is 0 Å². The fraction of sp³-hybridized carbons (Fsp3) is 0.200. The summed E-state index contributed by atoms with van der Waals surface area (Å²) in [6.45, 7) is 0. The van der Waals surface area contributed by atoms with Crippen molar-refractivity contribution in [1.82, 2.24) is 10.9 Å². The van der Waals surface area contributed by atoms with Crippen molar-refractivity contribution < 1.29 is 19.1 Å². The maximum Gasteiger partial charge on any atom is 0.240 e. The van der Waals surface area contributed by atoms with E-state index in [1.54, 1.807) is 26.4 Å². The van der Waals surface area contributed by atoms with Crippen LogP contribution in [-0.4, -0.2) is 38.5 Å². The molecule has 2 amide bonds. The van der Waals surface area contributed by atoms with Crippen molar-refractivity contribution in [2.24, 2.45) is 10.2 Å². The van der Waals surface area contributed by atoms with E-state index in [4.69, 9.17) is 9.47 Å². The number of methoxy groups -OCH3 is 2. The van der Waals surface area contributed by atoms with E-state index in [1.807, 2.05) is 36.4 Å². The maximum absolute atomic E-state index is 11.7. The fourth-order valence-electron chi connectivity index (χ4n) is 2.14. The predicted octanol–water partition coefficient (Wildman–Crippen LogP) is 2.08. The van der Waals surface area contributed by atoms with Crippen molar-refractivity contribution in [3.63, 3.8) is 0 Å². The van der Waals surface area contributed by atoms with Gasteiger partial charge in [0.05, 0.1) is 26.6 Å². The van der Waals surface area contributed by atoms with Crippen molar-refractivity contribution in [2.45, 2.75) is 12.8 Å². The minimum Gasteiger partial charge on any atom is -0.497 e. The Kier molecular flexibility index (Phi) is 8.19. The van der Waals surface area contributed by atoms with Gasteiger partial charge in [-0.3, -0.25) is 9.59 Å². The van der Waals surface area contributed by atoms with Crippen LogP contribution in [0, 0.1) is 0 Å². The zero-order valence-electron chi connectivity index (χ0n) is 15.7. The molecule has 0 fully saturated rings. The first kappa shape index (κ1) is 20.6. The molecule has 146 valence electrons. The Morgan fingerprint density at radius 3 is 1.64 bits per heavy atom. The molecule has 0 aromatic heterocycles. The second-order valence-electron chi connectivity index (χ2n) is 5.64. The standard InChI is InChI=1S/C20H22N4O4/c1-27-17-7-3-5-15(11-17)13-21-23-19(25)9-10-20(26)24-22-14-16-6-4-8-18(12-16)28-2/h3-8,11-14H,9-10H2,1-2H3,(H,23,25)(H,24,26)/b21-13-,22-14+. The van der Waals surface area contributed by atoms with Gasteiger partial charge in [-0.15, -0.1) is 0 Å². The van der Waals surface area contributed by atoms with Gasteiger partial charge < -0.3 is 9.47 Å². The lowest BCUT2D eigenvalue weighted by molar-refractivity contribution is -0.126. The molecular weight excluding hydrogens is 360 g/mol. The van der Waals surface area contributed by atoms with Gasteiger partial charge in [-0.25, -0.2) is 10.9 Å². The van der Waals surface area contributed by atoms with Crippen LogP contribution in [0.1, 0.15) is 24.0 Å². The molecule has 0 unspecified atom stereocenters. The number of nitrogens with one attached hydrogen (secondary N) is 2. The van der Waals surface area contributed by atoms with Crippen LogP contribution in [0.25, 0.3) is 0 Å². The lowest BCUT2D eigenvalue weighted by atomic mass is 10.2. The highest BCUT2D eigenvalue weighted by atomic mass is 16.5. The Balaban J connectivity index is 1.70. The smallest absolute Gasteiger partial charge is 0.240 e. The number of benzene rings is 2. The Bertz CT molecular complexity index is 793. The predicted molar refractivity (Wildman–Crippen MR) is 107 cm³/mol. The summed E-state index contributed by atoms with van der Waals surface area (Å²) >= 11 is 0. The van der Waals surface area contributed by atoms with E-state index in [9.17, 15) is 9.59 Å². The second-order valence-corrected chi connectivity index (χ2v) is 5.64. The van der Waals surface area contributed by atoms with Gasteiger partial charge in [-0.2, -0.15) is 10.2 Å². The van der Waals surface area contributed by atoms with Gasteiger partial charge in [0.1, 0.15) is 11.5 Å². The van der Waals surface area contributed by atoms with E-state index in [1.165, 1.54) is 12.4 Å². The molecule has 2 aromatic carbocycles. The first-order valence-electron chi connectivity index (χ1n) is 8.52. The molecule has 0 aliphatic rings. The van der Waals surface area contributed by atoms with E-state index in [-0.39, 0.29) is 24.7 Å². The molecular formula is C20H22N4O4. The second kappa shape index (κ2) is 11.1. The van der Waals surface area contributed by atoms with Crippen molar-refractivity contribution >= 4 is 24.2 Å². The van der Waals surface area contributed by atoms with Crippen LogP contribution in [0.2, 0.25) is 0 Å². The van der Waals surface area contributed by atoms with Crippen LogP contribution in [0.5, 0.6) is 11.5 Å². The highest BCUT2D eigenvalue weighted by molar-refractivity contribution is 5.86. The summed E-state index contributed by atoms with van der Waals surface area (Å²) in [5.74, 6) is 0.653. The lowest BCUT2D eigenvalue weighted by Crippen LogP contribution is -2.22. The Labute approximate surface area is 163 Å². The molecule has 8 heteroatoms. The van der Waals surface area contributed by atoms with Crippen molar-refractivity contribution in [1.29, 1.82) is 0 Å². The number of carbonyl (C=O) groups excluding carboxylic acids is 2. The molecule has 0 saturated carbocycles. The van der Waals surface area contributed by atoms with Crippen LogP contribution in [-0.2, 0) is 9.59 Å². The summed E-state index contributed by atoms with van der Waals surface area (Å²) in [6, 6.07) is 14.5. The monoisotopic (exact) mass is 382 g/mol. The minimum absolute atomic E-state index is 0.00400. The molecule has 0 bridgehead atoms. The van der Waals surface area contributed by atoms with Crippen molar-refractivity contribution in [3.05, 3.63) is 59.7 Å². The quantitative estimate of drug-likeness (QED) is 0.512. The molecule has 0 atom stereocenters. The maximum atomic E-state index is 11.7. The summed E-state index contributed by atoms with van der Waals surface area (Å²) < 4.78 is 10.2. The molecule has 0 heterocycles. The highest BCUT2D eigenvalue weighted by Gasteiger charge is 2.05. The minimum atomic E-state index is -0.369. The lowest BCUT2D eigenvalue weighted by Gasteiger charge is -2.02. The van der Waals surface area contributed by atoms with Crippen LogP contribution in [0.3, 0.4) is 0 Å². The first-order chi connectivity index (χ1) is 13.6. The molecule has 0 aliphatic heterocycles. The first-order valence-corrected chi connectivity index (χ1v) is 8.52. The number of ether oxygens (including phenoxy) is 2. The molecule has 2 N–H and O–H groups in total. The number of hydrazone groups is 2. The van der Waals surface area contributed by atoms with E-state index in [0.717, 1.165) is 11.1 Å². The largest absolute Gasteiger partial charge is 0.497 e. The topological polar surface area (TPSA) is 101 Å². The molecule has 28 heavy (non-hydrogen) atoms. The van der Waals surface area contributed by atoms with Crippen LogP contribution < -0.4 is 20.3 Å². The molecule has 0 radical (unpaired) electrons. The Morgan fingerprint density at radius 2 is 1.25 bits per heavy atom. The molecule has 0 saturated heterocycles. The molecule has 2 aromatic rings. The van der Waals surface area contributed by atoms with Gasteiger partial charge in [0.2, 0.25) is 11.8 Å². The molecule has 2 rings (SSSR count). The third kappa shape index (κ3) is 7.28. The number of hydrogen-bond acceptors (Lipinski definition) is 6. The Hall–Kier alpha value is -3.68. The number of rotatable bonds is 9. The molecule has 8 nitrogen and oxygen atoms in total. The fourth-order valence-corrected chi connectivity index (χ4v) is 2.14. The highest BCUT2D eigenvalue weighted by Crippen LogP contribution is 2.11. The zero-order valence-corrected chi connectivity index (χ0v) is 15.7. The summed E-state index contributed by atoms with van der Waals surface area (Å²) in [7, 11) is 3.15. The zero-order chi connectivity index (χ0) is 20.2. The summed E-state index contributed by atoms with van der Waals surface area (Å²) in [6.07, 6.45) is 2.99. The summed E-state index contributed by atoms with van der Waals surface area (Å²) in [5, 5.41) is 7.72. The van der Waals surface area contributed by atoms with Gasteiger partial charge in [0.25, 0.3) is 0 Å². The SMILES string of the molecule is COc1cccc(/C=N\NC(=O)CCC(=O)N/N=C/c2cccc(OC)c2)c1. The van der Waals surface area contributed by atoms with E-state index in [2.05, 4.69) is 21.1 Å². The van der Waals surface area contributed by atoms with Crippen molar-refractivity contribution in [3.8, 4) is 11.5 Å². The Morgan fingerprint density at radius 1 is 0.821 bits per heavy atom. The van der Waals surface area contributed by atoms with Crippen molar-refractivity contribution in [2.75, 3.05) is 14.2 Å². The summed E-state index contributed by atoms with van der Waals surface area (Å²) in [5.41, 5.74) is 6.32. The number of hydrogen-bond donors (Lipinski definition) is 2. The average Bonchev–Trinajstić information content (AvgIpc) is 2.72. The third-order valence-electron chi connectivity index (χ3n) is 3.57. The molecule has 0 spiro atoms. The van der Waals surface area contributed by atoms with Gasteiger partial charge in [0, 0.05) is 12.8 Å². The summed E-state index contributed by atoms with van der Waals surface area (Å²) in [4.78, 5) is 23.5. The van der Waals surface area contributed by atoms with E-state index >= 15 is 0 Å².